The quantitative estimate of drug-likeness (QED) is 0.817. The van der Waals surface area contributed by atoms with Crippen LogP contribution < -0.4 is 4.74 Å². The summed E-state index contributed by atoms with van der Waals surface area (Å²) < 4.78 is 18.5. The molecule has 1 heterocycles. The Labute approximate surface area is 102 Å². The number of rotatable bonds is 2. The summed E-state index contributed by atoms with van der Waals surface area (Å²) in [7, 11) is 0. The highest BCUT2D eigenvalue weighted by molar-refractivity contribution is 6.30. The maximum Gasteiger partial charge on any atom is 0.145 e. The summed E-state index contributed by atoms with van der Waals surface area (Å²) in [5.74, 6) is 0.190. The van der Waals surface area contributed by atoms with Crippen molar-refractivity contribution in [3.63, 3.8) is 0 Å². The van der Waals surface area contributed by atoms with Gasteiger partial charge in [0.15, 0.2) is 0 Å². The van der Waals surface area contributed by atoms with Crippen LogP contribution in [0.1, 0.15) is 5.69 Å². The summed E-state index contributed by atoms with van der Waals surface area (Å²) in [6.45, 7) is 0. The summed E-state index contributed by atoms with van der Waals surface area (Å²) in [5, 5.41) is 8.60. The average molecular weight is 249 g/mol. The molecule has 0 aliphatic rings. The van der Waals surface area contributed by atoms with Crippen LogP contribution >= 0.6 is 11.6 Å². The van der Waals surface area contributed by atoms with Gasteiger partial charge in [-0.05, 0) is 24.3 Å². The molecule has 0 aliphatic heterocycles. The number of nitrogens with zero attached hydrogens (tertiary/aromatic N) is 2. The number of aromatic nitrogens is 1. The van der Waals surface area contributed by atoms with Gasteiger partial charge in [-0.2, -0.15) is 5.26 Å². The van der Waals surface area contributed by atoms with E-state index < -0.39 is 5.82 Å². The van der Waals surface area contributed by atoms with E-state index in [-0.39, 0.29) is 5.02 Å². The molecule has 0 aliphatic carbocycles. The van der Waals surface area contributed by atoms with Crippen molar-refractivity contribution in [3.8, 4) is 17.6 Å². The molecule has 3 nitrogen and oxygen atoms in total. The average Bonchev–Trinajstić information content (AvgIpc) is 2.35. The van der Waals surface area contributed by atoms with E-state index in [1.807, 2.05) is 6.07 Å². The minimum Gasteiger partial charge on any atom is -0.456 e. The van der Waals surface area contributed by atoms with Crippen molar-refractivity contribution in [1.29, 1.82) is 5.26 Å². The lowest BCUT2D eigenvalue weighted by molar-refractivity contribution is 0.474. The maximum atomic E-state index is 13.1. The van der Waals surface area contributed by atoms with E-state index in [0.29, 0.717) is 17.2 Å². The molecule has 0 spiro atoms. The van der Waals surface area contributed by atoms with Gasteiger partial charge in [-0.15, -0.1) is 0 Å². The Hall–Kier alpha value is -2.12. The highest BCUT2D eigenvalue weighted by atomic mass is 35.5. The topological polar surface area (TPSA) is 45.9 Å². The number of hydrogen-bond acceptors (Lipinski definition) is 3. The Morgan fingerprint density at radius 1 is 1.24 bits per heavy atom. The SMILES string of the molecule is N#Cc1ccc(Oc2ccc(Cl)c(F)c2)cn1. The summed E-state index contributed by atoms with van der Waals surface area (Å²) in [5.41, 5.74) is 0.291. The van der Waals surface area contributed by atoms with Gasteiger partial charge in [0.25, 0.3) is 0 Å². The van der Waals surface area contributed by atoms with E-state index in [9.17, 15) is 4.39 Å². The van der Waals surface area contributed by atoms with Crippen LogP contribution in [0.2, 0.25) is 5.02 Å². The monoisotopic (exact) mass is 248 g/mol. The molecular formula is C12H6ClFN2O. The fourth-order valence-corrected chi connectivity index (χ4v) is 1.30. The minimum atomic E-state index is -0.550. The molecule has 0 N–H and O–H groups in total. The van der Waals surface area contributed by atoms with Crippen LogP contribution in [-0.2, 0) is 0 Å². The number of hydrogen-bond donors (Lipinski definition) is 0. The van der Waals surface area contributed by atoms with Crippen molar-refractivity contribution in [2.24, 2.45) is 0 Å². The molecule has 0 saturated heterocycles. The van der Waals surface area contributed by atoms with Gasteiger partial charge in [0.1, 0.15) is 29.1 Å². The second-order valence-corrected chi connectivity index (χ2v) is 3.58. The normalized spacial score (nSPS) is 9.71. The molecule has 0 unspecified atom stereocenters. The zero-order valence-corrected chi connectivity index (χ0v) is 9.28. The number of benzene rings is 1. The fraction of sp³-hybridized carbons (Fsp3) is 0. The first-order valence-electron chi connectivity index (χ1n) is 4.68. The Balaban J connectivity index is 2.20. The van der Waals surface area contributed by atoms with Gasteiger partial charge >= 0.3 is 0 Å². The predicted molar refractivity (Wildman–Crippen MR) is 60.4 cm³/mol. The third kappa shape index (κ3) is 2.71. The molecule has 2 aromatic rings. The van der Waals surface area contributed by atoms with Gasteiger partial charge < -0.3 is 4.74 Å². The molecule has 2 rings (SSSR count). The lowest BCUT2D eigenvalue weighted by Gasteiger charge is -2.05. The van der Waals surface area contributed by atoms with Crippen LogP contribution in [0.5, 0.6) is 11.5 Å². The molecule has 0 bridgehead atoms. The second kappa shape index (κ2) is 4.81. The molecule has 1 aromatic carbocycles. The molecule has 0 fully saturated rings. The molecule has 5 heteroatoms. The minimum absolute atomic E-state index is 0.0373. The number of halogens is 2. The third-order valence-corrected chi connectivity index (χ3v) is 2.28. The lowest BCUT2D eigenvalue weighted by atomic mass is 10.3. The Bertz CT molecular complexity index is 578. The summed E-state index contributed by atoms with van der Waals surface area (Å²) in [4.78, 5) is 3.83. The van der Waals surface area contributed by atoms with Crippen molar-refractivity contribution in [2.45, 2.75) is 0 Å². The molecule has 1 aromatic heterocycles. The van der Waals surface area contributed by atoms with E-state index in [1.54, 1.807) is 12.1 Å². The van der Waals surface area contributed by atoms with Gasteiger partial charge in [-0.3, -0.25) is 0 Å². The van der Waals surface area contributed by atoms with Crippen molar-refractivity contribution in [2.75, 3.05) is 0 Å². The Kier molecular flexibility index (Phi) is 3.22. The first-order valence-corrected chi connectivity index (χ1v) is 5.06. The van der Waals surface area contributed by atoms with Crippen LogP contribution in [0.15, 0.2) is 36.5 Å². The highest BCUT2D eigenvalue weighted by Crippen LogP contribution is 2.24. The van der Waals surface area contributed by atoms with Gasteiger partial charge in [0, 0.05) is 6.07 Å². The Morgan fingerprint density at radius 3 is 2.59 bits per heavy atom. The van der Waals surface area contributed by atoms with E-state index in [1.165, 1.54) is 24.4 Å². The van der Waals surface area contributed by atoms with Gasteiger partial charge in [0.2, 0.25) is 0 Å². The molecular weight excluding hydrogens is 243 g/mol. The van der Waals surface area contributed by atoms with Gasteiger partial charge in [-0.25, -0.2) is 9.37 Å². The standard InChI is InChI=1S/C12H6ClFN2O/c13-11-4-3-9(5-12(11)14)17-10-2-1-8(6-15)16-7-10/h1-5,7H. The molecule has 0 saturated carbocycles. The van der Waals surface area contributed by atoms with Crippen molar-refractivity contribution >= 4 is 11.6 Å². The largest absolute Gasteiger partial charge is 0.456 e. The number of nitriles is 1. The lowest BCUT2D eigenvalue weighted by Crippen LogP contribution is -1.88. The van der Waals surface area contributed by atoms with Crippen LogP contribution in [0.3, 0.4) is 0 Å². The van der Waals surface area contributed by atoms with Crippen molar-refractivity contribution < 1.29 is 9.13 Å². The van der Waals surface area contributed by atoms with Crippen LogP contribution in [-0.4, -0.2) is 4.98 Å². The third-order valence-electron chi connectivity index (χ3n) is 1.98. The van der Waals surface area contributed by atoms with Gasteiger partial charge in [-0.1, -0.05) is 11.6 Å². The van der Waals surface area contributed by atoms with Crippen LogP contribution in [0.25, 0.3) is 0 Å². The van der Waals surface area contributed by atoms with E-state index >= 15 is 0 Å². The molecule has 0 amide bonds. The first kappa shape index (κ1) is 11.4. The molecule has 0 atom stereocenters. The van der Waals surface area contributed by atoms with Crippen LogP contribution in [0, 0.1) is 17.1 Å². The smallest absolute Gasteiger partial charge is 0.145 e. The number of ether oxygens (including phenoxy) is 1. The Morgan fingerprint density at radius 2 is 2.00 bits per heavy atom. The van der Waals surface area contributed by atoms with E-state index in [2.05, 4.69) is 4.98 Å². The molecule has 17 heavy (non-hydrogen) atoms. The molecule has 0 radical (unpaired) electrons. The second-order valence-electron chi connectivity index (χ2n) is 3.17. The summed E-state index contributed by atoms with van der Waals surface area (Å²) >= 11 is 5.54. The summed E-state index contributed by atoms with van der Waals surface area (Å²) in [6, 6.07) is 9.12. The molecule has 84 valence electrons. The predicted octanol–water partition coefficient (Wildman–Crippen LogP) is 3.54. The maximum absolute atomic E-state index is 13.1. The number of pyridine rings is 1. The van der Waals surface area contributed by atoms with E-state index in [4.69, 9.17) is 21.6 Å². The first-order chi connectivity index (χ1) is 8.19. The van der Waals surface area contributed by atoms with Crippen LogP contribution in [0.4, 0.5) is 4.39 Å². The van der Waals surface area contributed by atoms with Gasteiger partial charge in [0.05, 0.1) is 11.2 Å². The van der Waals surface area contributed by atoms with Crippen molar-refractivity contribution in [3.05, 3.63) is 53.1 Å². The zero-order chi connectivity index (χ0) is 12.3. The van der Waals surface area contributed by atoms with Crippen molar-refractivity contribution in [1.82, 2.24) is 4.98 Å². The summed E-state index contributed by atoms with van der Waals surface area (Å²) in [6.07, 6.45) is 1.39. The zero-order valence-electron chi connectivity index (χ0n) is 8.52. The highest BCUT2D eigenvalue weighted by Gasteiger charge is 2.03. The van der Waals surface area contributed by atoms with E-state index in [0.717, 1.165) is 0 Å². The fourth-order valence-electron chi connectivity index (χ4n) is 1.18.